The summed E-state index contributed by atoms with van der Waals surface area (Å²) < 4.78 is 11.5. The minimum Gasteiger partial charge on any atom is -0.458 e. The number of aliphatic hydroxyl groups is 3. The summed E-state index contributed by atoms with van der Waals surface area (Å²) in [5.74, 6) is 1.96. The molecule has 4 fully saturated rings. The molecule has 0 aromatic heterocycles. The Balaban J connectivity index is 1.45. The number of rotatable bonds is 10. The molecular weight excluding hydrogens is 504 g/mol. The Hall–Kier alpha value is -1.73. The number of carbonyl (C=O) groups excluding carboxylic acids is 1. The molecule has 0 radical (unpaired) electrons. The standard InChI is InChI=1S/C34H52O6/c1-20(2)17-26-23(5)33(38)40-30(26)18-21(3)27-12-13-28-24(9-7-14-34(27,28)6)10-11-25-19-29(36)32(31(37)22(25)4)39-16-8-15-35/h10-11,20-21,26-32,35-37H,4-5,7-9,12-19H2,1-3,6H3/t21-,26+,27-,28+,29-,30+,31-,32+,34-/m1/s1. The van der Waals surface area contributed by atoms with Gasteiger partial charge in [0.1, 0.15) is 18.3 Å². The van der Waals surface area contributed by atoms with Crippen molar-refractivity contribution in [2.24, 2.45) is 35.0 Å². The molecule has 6 nitrogen and oxygen atoms in total. The normalized spacial score (nSPS) is 39.3. The molecule has 3 saturated carbocycles. The number of hydrogen-bond acceptors (Lipinski definition) is 6. The molecule has 224 valence electrons. The van der Waals surface area contributed by atoms with Crippen LogP contribution in [0.4, 0.5) is 0 Å². The van der Waals surface area contributed by atoms with Gasteiger partial charge in [-0.3, -0.25) is 0 Å². The molecular formula is C34H52O6. The SMILES string of the molecule is C=C1C(=CC=C2CCC[C@]3(C)[C@@H]([C@H](C)C[C@@H]4OC(=O)C(=C)[C@@H]4CC(C)C)CC[C@@H]23)C[C@@H](O)[C@H](OCCCO)[C@@H]1O. The fraction of sp³-hybridized carbons (Fsp3) is 0.735. The van der Waals surface area contributed by atoms with Gasteiger partial charge in [-0.1, -0.05) is 58.6 Å². The molecule has 0 amide bonds. The fourth-order valence-electron chi connectivity index (χ4n) is 8.37. The Morgan fingerprint density at radius 1 is 1.12 bits per heavy atom. The average Bonchev–Trinajstić information content (AvgIpc) is 3.38. The van der Waals surface area contributed by atoms with E-state index in [1.807, 2.05) is 0 Å². The van der Waals surface area contributed by atoms with Crippen molar-refractivity contribution in [3.63, 3.8) is 0 Å². The van der Waals surface area contributed by atoms with Gasteiger partial charge >= 0.3 is 5.97 Å². The van der Waals surface area contributed by atoms with Crippen LogP contribution in [0.25, 0.3) is 0 Å². The minimum atomic E-state index is -0.958. The van der Waals surface area contributed by atoms with Crippen molar-refractivity contribution >= 4 is 5.97 Å². The van der Waals surface area contributed by atoms with E-state index in [9.17, 15) is 15.0 Å². The predicted molar refractivity (Wildman–Crippen MR) is 157 cm³/mol. The molecule has 0 bridgehead atoms. The molecule has 3 aliphatic carbocycles. The van der Waals surface area contributed by atoms with Crippen molar-refractivity contribution in [1.29, 1.82) is 0 Å². The fourth-order valence-corrected chi connectivity index (χ4v) is 8.37. The summed E-state index contributed by atoms with van der Waals surface area (Å²) in [6, 6.07) is 0. The van der Waals surface area contributed by atoms with Crippen LogP contribution in [-0.4, -0.2) is 58.9 Å². The first-order valence-electron chi connectivity index (χ1n) is 15.5. The summed E-state index contributed by atoms with van der Waals surface area (Å²) in [6.45, 7) is 17.7. The third-order valence-electron chi connectivity index (χ3n) is 10.5. The molecule has 4 aliphatic rings. The maximum Gasteiger partial charge on any atom is 0.334 e. The van der Waals surface area contributed by atoms with E-state index >= 15 is 0 Å². The average molecular weight is 557 g/mol. The first-order chi connectivity index (χ1) is 19.0. The highest BCUT2D eigenvalue weighted by Crippen LogP contribution is 2.60. The largest absolute Gasteiger partial charge is 0.458 e. The third-order valence-corrected chi connectivity index (χ3v) is 10.5. The van der Waals surface area contributed by atoms with Gasteiger partial charge in [-0.05, 0) is 91.6 Å². The molecule has 6 heteroatoms. The first kappa shape index (κ1) is 31.2. The van der Waals surface area contributed by atoms with E-state index in [0.717, 1.165) is 31.3 Å². The molecule has 40 heavy (non-hydrogen) atoms. The van der Waals surface area contributed by atoms with E-state index < -0.39 is 18.3 Å². The summed E-state index contributed by atoms with van der Waals surface area (Å²) in [5, 5.41) is 30.5. The number of ether oxygens (including phenoxy) is 2. The van der Waals surface area contributed by atoms with E-state index in [-0.39, 0.29) is 30.0 Å². The van der Waals surface area contributed by atoms with Gasteiger partial charge in [-0.2, -0.15) is 0 Å². The van der Waals surface area contributed by atoms with Gasteiger partial charge < -0.3 is 24.8 Å². The van der Waals surface area contributed by atoms with Crippen LogP contribution in [0.1, 0.15) is 85.5 Å². The van der Waals surface area contributed by atoms with Crippen LogP contribution in [0, 0.1) is 35.0 Å². The summed E-state index contributed by atoms with van der Waals surface area (Å²) in [7, 11) is 0. The van der Waals surface area contributed by atoms with Crippen molar-refractivity contribution in [3.8, 4) is 0 Å². The highest BCUT2D eigenvalue weighted by atomic mass is 16.6. The predicted octanol–water partition coefficient (Wildman–Crippen LogP) is 5.68. The highest BCUT2D eigenvalue weighted by molar-refractivity contribution is 5.90. The molecule has 0 spiro atoms. The first-order valence-corrected chi connectivity index (χ1v) is 15.5. The molecule has 9 atom stereocenters. The minimum absolute atomic E-state index is 0.0146. The van der Waals surface area contributed by atoms with Crippen molar-refractivity contribution in [3.05, 3.63) is 47.6 Å². The summed E-state index contributed by atoms with van der Waals surface area (Å²) in [5.41, 5.74) is 3.82. The van der Waals surface area contributed by atoms with Crippen LogP contribution in [0.15, 0.2) is 47.6 Å². The lowest BCUT2D eigenvalue weighted by atomic mass is 9.60. The summed E-state index contributed by atoms with van der Waals surface area (Å²) in [6.07, 6.45) is 10.3. The van der Waals surface area contributed by atoms with E-state index in [1.165, 1.54) is 24.8 Å². The van der Waals surface area contributed by atoms with Gasteiger partial charge in [0.15, 0.2) is 0 Å². The Bertz CT molecular complexity index is 1010. The maximum absolute atomic E-state index is 12.4. The molecule has 0 aromatic carbocycles. The lowest BCUT2D eigenvalue weighted by Gasteiger charge is -2.45. The topological polar surface area (TPSA) is 96.2 Å². The van der Waals surface area contributed by atoms with Gasteiger partial charge in [0.25, 0.3) is 0 Å². The lowest BCUT2D eigenvalue weighted by molar-refractivity contribution is -0.140. The van der Waals surface area contributed by atoms with Crippen LogP contribution >= 0.6 is 0 Å². The zero-order valence-electron chi connectivity index (χ0n) is 25.1. The van der Waals surface area contributed by atoms with Crippen LogP contribution in [0.3, 0.4) is 0 Å². The highest BCUT2D eigenvalue weighted by Gasteiger charge is 2.52. The number of carbonyl (C=O) groups is 1. The van der Waals surface area contributed by atoms with Crippen molar-refractivity contribution < 1.29 is 29.6 Å². The van der Waals surface area contributed by atoms with Gasteiger partial charge in [0, 0.05) is 31.1 Å². The maximum atomic E-state index is 12.4. The quantitative estimate of drug-likeness (QED) is 0.182. The zero-order chi connectivity index (χ0) is 29.2. The van der Waals surface area contributed by atoms with Crippen LogP contribution < -0.4 is 0 Å². The van der Waals surface area contributed by atoms with Crippen LogP contribution in [-0.2, 0) is 14.3 Å². The van der Waals surface area contributed by atoms with Gasteiger partial charge in [-0.25, -0.2) is 4.79 Å². The number of aliphatic hydroxyl groups excluding tert-OH is 3. The van der Waals surface area contributed by atoms with E-state index in [4.69, 9.17) is 14.6 Å². The second kappa shape index (κ2) is 13.1. The number of allylic oxidation sites excluding steroid dienone is 3. The van der Waals surface area contributed by atoms with E-state index in [2.05, 4.69) is 53.0 Å². The van der Waals surface area contributed by atoms with Crippen LogP contribution in [0.2, 0.25) is 0 Å². The second-order valence-electron chi connectivity index (χ2n) is 13.6. The molecule has 0 unspecified atom stereocenters. The second-order valence-corrected chi connectivity index (χ2v) is 13.6. The van der Waals surface area contributed by atoms with Crippen LogP contribution in [0.5, 0.6) is 0 Å². The Morgan fingerprint density at radius 2 is 1.88 bits per heavy atom. The smallest absolute Gasteiger partial charge is 0.334 e. The van der Waals surface area contributed by atoms with Crippen molar-refractivity contribution in [2.45, 2.75) is 110 Å². The number of hydrogen-bond donors (Lipinski definition) is 3. The number of cyclic esters (lactones) is 1. The zero-order valence-corrected chi connectivity index (χ0v) is 25.1. The number of esters is 1. The van der Waals surface area contributed by atoms with Gasteiger partial charge in [0.05, 0.1) is 6.10 Å². The molecule has 0 aromatic rings. The van der Waals surface area contributed by atoms with Crippen molar-refractivity contribution in [2.75, 3.05) is 13.2 Å². The van der Waals surface area contributed by atoms with E-state index in [1.54, 1.807) is 0 Å². The number of fused-ring (bicyclic) bond motifs is 1. The third kappa shape index (κ3) is 6.35. The Kier molecular flexibility index (Phi) is 10.2. The van der Waals surface area contributed by atoms with E-state index in [0.29, 0.717) is 54.3 Å². The lowest BCUT2D eigenvalue weighted by Crippen LogP contribution is -2.45. The molecule has 1 saturated heterocycles. The molecule has 1 aliphatic heterocycles. The monoisotopic (exact) mass is 556 g/mol. The molecule has 1 heterocycles. The molecule has 4 rings (SSSR count). The van der Waals surface area contributed by atoms with Gasteiger partial charge in [0.2, 0.25) is 0 Å². The summed E-state index contributed by atoms with van der Waals surface area (Å²) >= 11 is 0. The van der Waals surface area contributed by atoms with Gasteiger partial charge in [-0.15, -0.1) is 0 Å². The summed E-state index contributed by atoms with van der Waals surface area (Å²) in [4.78, 5) is 12.4. The Morgan fingerprint density at radius 3 is 2.58 bits per heavy atom. The Labute approximate surface area is 241 Å². The van der Waals surface area contributed by atoms with Crippen molar-refractivity contribution in [1.82, 2.24) is 0 Å². The molecule has 3 N–H and O–H groups in total.